The predicted octanol–water partition coefficient (Wildman–Crippen LogP) is -0.388. The van der Waals surface area contributed by atoms with Crippen molar-refractivity contribution in [2.45, 2.75) is 0 Å². The minimum absolute atomic E-state index is 0. The zero-order valence-electron chi connectivity index (χ0n) is 1.47. The molecule has 0 atom stereocenters. The summed E-state index contributed by atoms with van der Waals surface area (Å²) >= 11 is 0. The molecule has 0 saturated carbocycles. The molecule has 0 aliphatic heterocycles. The molecule has 4 heavy (non-hydrogen) atoms. The summed E-state index contributed by atoms with van der Waals surface area (Å²) in [5.41, 5.74) is 0. The van der Waals surface area contributed by atoms with E-state index in [-0.39, 0.29) is 75.3 Å². The number of hydrogen-bond acceptors (Lipinski definition) is 0. The topological polar surface area (TPSA) is 0 Å². The summed E-state index contributed by atoms with van der Waals surface area (Å²) in [6.07, 6.45) is 0. The fourth-order valence-electron chi connectivity index (χ4n) is 0. The van der Waals surface area contributed by atoms with Crippen LogP contribution in [0.15, 0.2) is 0 Å². The second kappa shape index (κ2) is 18.3. The van der Waals surface area contributed by atoms with E-state index in [0.29, 0.717) is 0 Å². The molecule has 0 bridgehead atoms. The van der Waals surface area contributed by atoms with Gasteiger partial charge in [-0.1, -0.05) is 0 Å². The third-order valence-corrected chi connectivity index (χ3v) is 0. The Morgan fingerprint density at radius 1 is 1.00 bits per heavy atom. The molecule has 0 aromatic heterocycles. The van der Waals surface area contributed by atoms with Gasteiger partial charge in [0.15, 0.2) is 0 Å². The van der Waals surface area contributed by atoms with Crippen molar-refractivity contribution in [3.63, 3.8) is 0 Å². The van der Waals surface area contributed by atoms with E-state index in [2.05, 4.69) is 0 Å². The van der Waals surface area contributed by atoms with Gasteiger partial charge in [-0.3, -0.25) is 0 Å². The average Bonchev–Trinajstić information content (AvgIpc) is 0. The van der Waals surface area contributed by atoms with Gasteiger partial charge in [0.2, 0.25) is 0 Å². The van der Waals surface area contributed by atoms with Crippen molar-refractivity contribution in [3.8, 4) is 0 Å². The van der Waals surface area contributed by atoms with Gasteiger partial charge in [-0.15, -0.1) is 0 Å². The van der Waals surface area contributed by atoms with Crippen LogP contribution in [0.25, 0.3) is 0 Å². The largest absolute Gasteiger partial charge is 0 e. The zero-order chi connectivity index (χ0) is 0. The normalized spacial score (nSPS) is 0. The standard InChI is InChI=1S/Cr.Cu.Ni.Sb. The van der Waals surface area contributed by atoms with E-state index in [4.69, 9.17) is 0 Å². The summed E-state index contributed by atoms with van der Waals surface area (Å²) in [6.45, 7) is 0. The average molecular weight is 296 g/mol. The maximum Gasteiger partial charge on any atom is 0 e. The molecular formula is CrCuNiSb. The van der Waals surface area contributed by atoms with Gasteiger partial charge in [0.25, 0.3) is 0 Å². The Kier molecular flexibility index (Phi) is 150. The Balaban J connectivity index is 0. The molecule has 0 saturated heterocycles. The molecule has 0 heterocycles. The summed E-state index contributed by atoms with van der Waals surface area (Å²) in [6, 6.07) is 0. The number of rotatable bonds is 0. The molecule has 0 fully saturated rings. The van der Waals surface area contributed by atoms with Crippen LogP contribution >= 0.6 is 0 Å². The first-order chi connectivity index (χ1) is 0. The predicted molar refractivity (Wildman–Crippen MR) is 5.75 cm³/mol. The molecule has 0 nitrogen and oxygen atoms in total. The van der Waals surface area contributed by atoms with Crippen LogP contribution < -0.4 is 0 Å². The Labute approximate surface area is 74.5 Å². The molecule has 0 N–H and O–H groups in total. The molecule has 0 aromatic carbocycles. The second-order valence-corrected chi connectivity index (χ2v) is 0. The van der Waals surface area contributed by atoms with E-state index in [1.54, 1.807) is 0 Å². The molecule has 32 valence electrons. The Bertz CT molecular complexity index is 8.00. The molecule has 0 aliphatic rings. The third kappa shape index (κ3) is 8.84. The quantitative estimate of drug-likeness (QED) is 0.534. The maximum atomic E-state index is 0. The van der Waals surface area contributed by atoms with Gasteiger partial charge in [-0.05, 0) is 0 Å². The first kappa shape index (κ1) is 32.8. The fraction of sp³-hybridized carbons (Fsp3) is 0. The van der Waals surface area contributed by atoms with Crippen molar-refractivity contribution in [1.82, 2.24) is 0 Å². The van der Waals surface area contributed by atoms with Crippen molar-refractivity contribution in [2.24, 2.45) is 0 Å². The van der Waals surface area contributed by atoms with Gasteiger partial charge in [0, 0.05) is 75.3 Å². The molecule has 0 unspecified atom stereocenters. The van der Waals surface area contributed by atoms with Crippen molar-refractivity contribution >= 4 is 24.4 Å². The molecule has 0 amide bonds. The van der Waals surface area contributed by atoms with Gasteiger partial charge in [0.1, 0.15) is 0 Å². The van der Waals surface area contributed by atoms with E-state index >= 15 is 0 Å². The summed E-state index contributed by atoms with van der Waals surface area (Å²) in [7, 11) is 0. The molecule has 0 rings (SSSR count). The Hall–Kier alpha value is 2.36. The first-order valence-electron chi connectivity index (χ1n) is 0. The monoisotopic (exact) mass is 294 g/mol. The van der Waals surface area contributed by atoms with E-state index in [9.17, 15) is 0 Å². The van der Waals surface area contributed by atoms with Crippen LogP contribution in [0.1, 0.15) is 0 Å². The van der Waals surface area contributed by atoms with Crippen LogP contribution in [0.3, 0.4) is 0 Å². The second-order valence-electron chi connectivity index (χ2n) is 0. The minimum Gasteiger partial charge on any atom is 0 e. The van der Waals surface area contributed by atoms with E-state index in [0.717, 1.165) is 0 Å². The van der Waals surface area contributed by atoms with E-state index in [1.165, 1.54) is 0 Å². The molecule has 0 spiro atoms. The van der Waals surface area contributed by atoms with Crippen LogP contribution in [0.5, 0.6) is 0 Å². The van der Waals surface area contributed by atoms with Crippen LogP contribution in [0.4, 0.5) is 0 Å². The zero-order valence-corrected chi connectivity index (χ0v) is 7.23. The van der Waals surface area contributed by atoms with Crippen molar-refractivity contribution in [2.75, 3.05) is 0 Å². The number of hydrogen-bond donors (Lipinski definition) is 0. The van der Waals surface area contributed by atoms with Crippen LogP contribution in [-0.2, 0) is 50.9 Å². The van der Waals surface area contributed by atoms with Gasteiger partial charge in [-0.25, -0.2) is 0 Å². The molecule has 0 aliphatic carbocycles. The van der Waals surface area contributed by atoms with Crippen LogP contribution in [0, 0.1) is 0 Å². The SMILES string of the molecule is [Cr].[Cu].[Ni].[Sb]. The summed E-state index contributed by atoms with van der Waals surface area (Å²) in [5, 5.41) is 0. The summed E-state index contributed by atoms with van der Waals surface area (Å²) in [4.78, 5) is 0. The third-order valence-electron chi connectivity index (χ3n) is 0. The van der Waals surface area contributed by atoms with Crippen LogP contribution in [-0.4, -0.2) is 24.4 Å². The molecular weight excluding hydrogens is 296 g/mol. The van der Waals surface area contributed by atoms with Crippen molar-refractivity contribution < 1.29 is 50.9 Å². The molecule has 4 heteroatoms. The summed E-state index contributed by atoms with van der Waals surface area (Å²) in [5.74, 6) is 0. The molecule has 0 aromatic rings. The van der Waals surface area contributed by atoms with E-state index in [1.807, 2.05) is 0 Å². The molecule has 4 radical (unpaired) electrons. The Morgan fingerprint density at radius 2 is 1.00 bits per heavy atom. The smallest absolute Gasteiger partial charge is 0 e. The fourth-order valence-corrected chi connectivity index (χ4v) is 0. The first-order valence-corrected chi connectivity index (χ1v) is 0. The Morgan fingerprint density at radius 3 is 1.00 bits per heavy atom. The van der Waals surface area contributed by atoms with Gasteiger partial charge in [-0.2, -0.15) is 0 Å². The van der Waals surface area contributed by atoms with Gasteiger partial charge in [0.05, 0.1) is 0 Å². The van der Waals surface area contributed by atoms with Gasteiger partial charge >= 0.3 is 0 Å². The van der Waals surface area contributed by atoms with Gasteiger partial charge < -0.3 is 0 Å². The van der Waals surface area contributed by atoms with Crippen molar-refractivity contribution in [1.29, 1.82) is 0 Å². The van der Waals surface area contributed by atoms with Crippen LogP contribution in [0.2, 0.25) is 0 Å². The maximum absolute atomic E-state index is 0. The summed E-state index contributed by atoms with van der Waals surface area (Å²) < 4.78 is 0. The van der Waals surface area contributed by atoms with Crippen molar-refractivity contribution in [3.05, 3.63) is 0 Å². The van der Waals surface area contributed by atoms with E-state index < -0.39 is 0 Å². The minimum atomic E-state index is 0.